The monoisotopic (exact) mass is 463 g/mol. The summed E-state index contributed by atoms with van der Waals surface area (Å²) in [6.07, 6.45) is 7.24. The second kappa shape index (κ2) is 11.4. The highest BCUT2D eigenvalue weighted by Gasteiger charge is 2.25. The van der Waals surface area contributed by atoms with Gasteiger partial charge < -0.3 is 24.7 Å². The lowest BCUT2D eigenvalue weighted by molar-refractivity contribution is -0.121. The number of benzene rings is 2. The summed E-state index contributed by atoms with van der Waals surface area (Å²) in [4.78, 5) is 19.0. The Morgan fingerprint density at radius 1 is 1.15 bits per heavy atom. The van der Waals surface area contributed by atoms with Gasteiger partial charge in [-0.15, -0.1) is 0 Å². The third-order valence-corrected chi connectivity index (χ3v) is 7.09. The fourth-order valence-electron chi connectivity index (χ4n) is 5.13. The van der Waals surface area contributed by atoms with Gasteiger partial charge in [0.1, 0.15) is 11.5 Å². The smallest absolute Gasteiger partial charge is 0.220 e. The van der Waals surface area contributed by atoms with Crippen LogP contribution in [0.3, 0.4) is 0 Å². The third kappa shape index (κ3) is 5.55. The lowest BCUT2D eigenvalue weighted by atomic mass is 9.87. The Morgan fingerprint density at radius 2 is 2.00 bits per heavy atom. The first kappa shape index (κ1) is 24.1. The number of aromatic amines is 1. The van der Waals surface area contributed by atoms with Crippen LogP contribution in [0.2, 0.25) is 0 Å². The highest BCUT2D eigenvalue weighted by atomic mass is 16.5. The molecule has 0 spiro atoms. The van der Waals surface area contributed by atoms with Gasteiger partial charge >= 0.3 is 0 Å². The molecule has 1 fully saturated rings. The van der Waals surface area contributed by atoms with Crippen LogP contribution in [0.15, 0.2) is 48.7 Å². The summed E-state index contributed by atoms with van der Waals surface area (Å²) in [6, 6.07) is 14.7. The standard InChI is InChI=1S/C28H37N3O3/c1-20-9-6-7-15-31(20)16-8-14-29-28(32)18-24(23-13-12-21(33-2)17-27(23)34-3)25-19-30-26-11-5-4-10-22(25)26/h4-5,10-13,17,19-20,24,30H,6-9,14-16,18H2,1-3H3,(H,29,32). The topological polar surface area (TPSA) is 66.6 Å². The highest BCUT2D eigenvalue weighted by Crippen LogP contribution is 2.39. The molecule has 34 heavy (non-hydrogen) atoms. The van der Waals surface area contributed by atoms with E-state index >= 15 is 0 Å². The zero-order valence-corrected chi connectivity index (χ0v) is 20.6. The maximum Gasteiger partial charge on any atom is 0.220 e. The number of para-hydroxylation sites is 1. The predicted octanol–water partition coefficient (Wildman–Crippen LogP) is 5.09. The van der Waals surface area contributed by atoms with Gasteiger partial charge in [-0.25, -0.2) is 0 Å². The van der Waals surface area contributed by atoms with Gasteiger partial charge in [0.05, 0.1) is 14.2 Å². The van der Waals surface area contributed by atoms with E-state index in [4.69, 9.17) is 9.47 Å². The lowest BCUT2D eigenvalue weighted by Crippen LogP contribution is -2.39. The largest absolute Gasteiger partial charge is 0.497 e. The van der Waals surface area contributed by atoms with E-state index in [1.807, 2.05) is 36.5 Å². The number of piperidine rings is 1. The molecule has 2 N–H and O–H groups in total. The quantitative estimate of drug-likeness (QED) is 0.411. The molecule has 1 aliphatic heterocycles. The minimum absolute atomic E-state index is 0.0554. The van der Waals surface area contributed by atoms with Gasteiger partial charge in [-0.2, -0.15) is 0 Å². The summed E-state index contributed by atoms with van der Waals surface area (Å²) in [5, 5.41) is 4.29. The fraction of sp³-hybridized carbons (Fsp3) is 0.464. The van der Waals surface area contributed by atoms with E-state index < -0.39 is 0 Å². The molecular weight excluding hydrogens is 426 g/mol. The van der Waals surface area contributed by atoms with E-state index in [1.54, 1.807) is 14.2 Å². The molecule has 6 nitrogen and oxygen atoms in total. The summed E-state index contributed by atoms with van der Waals surface area (Å²) >= 11 is 0. The number of aromatic nitrogens is 1. The number of rotatable bonds is 10. The van der Waals surface area contributed by atoms with Crippen molar-refractivity contribution in [3.8, 4) is 11.5 Å². The Balaban J connectivity index is 1.49. The summed E-state index contributed by atoms with van der Waals surface area (Å²) in [6.45, 7) is 5.23. The first-order valence-corrected chi connectivity index (χ1v) is 12.4. The number of methoxy groups -OCH3 is 2. The maximum atomic E-state index is 13.1. The first-order chi connectivity index (χ1) is 16.6. The van der Waals surface area contributed by atoms with Crippen molar-refractivity contribution >= 4 is 16.8 Å². The molecule has 1 aliphatic rings. The molecule has 1 amide bonds. The first-order valence-electron chi connectivity index (χ1n) is 12.4. The number of ether oxygens (including phenoxy) is 2. The fourth-order valence-corrected chi connectivity index (χ4v) is 5.13. The van der Waals surface area contributed by atoms with Crippen LogP contribution >= 0.6 is 0 Å². The number of hydrogen-bond acceptors (Lipinski definition) is 4. The van der Waals surface area contributed by atoms with Crippen molar-refractivity contribution < 1.29 is 14.3 Å². The van der Waals surface area contributed by atoms with Crippen LogP contribution in [0.5, 0.6) is 11.5 Å². The zero-order chi connectivity index (χ0) is 23.9. The molecule has 0 bridgehead atoms. The molecule has 4 rings (SSSR count). The number of fused-ring (bicyclic) bond motifs is 1. The van der Waals surface area contributed by atoms with Crippen LogP contribution in [-0.2, 0) is 4.79 Å². The second-order valence-corrected chi connectivity index (χ2v) is 9.24. The predicted molar refractivity (Wildman–Crippen MR) is 137 cm³/mol. The minimum Gasteiger partial charge on any atom is -0.497 e. The van der Waals surface area contributed by atoms with E-state index in [2.05, 4.69) is 34.3 Å². The molecule has 2 heterocycles. The molecule has 0 saturated carbocycles. The van der Waals surface area contributed by atoms with Crippen LogP contribution in [-0.4, -0.2) is 55.7 Å². The zero-order valence-electron chi connectivity index (χ0n) is 20.6. The Kier molecular flexibility index (Phi) is 8.12. The van der Waals surface area contributed by atoms with Crippen molar-refractivity contribution in [1.29, 1.82) is 0 Å². The molecule has 2 atom stereocenters. The van der Waals surface area contributed by atoms with Crippen molar-refractivity contribution in [3.63, 3.8) is 0 Å². The maximum absolute atomic E-state index is 13.1. The van der Waals surface area contributed by atoms with Gasteiger partial charge in [0.2, 0.25) is 5.91 Å². The Bertz CT molecular complexity index is 1090. The number of hydrogen-bond donors (Lipinski definition) is 2. The molecular formula is C28H37N3O3. The van der Waals surface area contributed by atoms with E-state index in [0.717, 1.165) is 46.5 Å². The van der Waals surface area contributed by atoms with E-state index in [9.17, 15) is 4.79 Å². The molecule has 2 unspecified atom stereocenters. The Labute approximate surface area is 202 Å². The molecule has 0 aliphatic carbocycles. The third-order valence-electron chi connectivity index (χ3n) is 7.09. The molecule has 2 aromatic carbocycles. The van der Waals surface area contributed by atoms with Gasteiger partial charge in [-0.3, -0.25) is 4.79 Å². The van der Waals surface area contributed by atoms with E-state index in [0.29, 0.717) is 19.0 Å². The average Bonchev–Trinajstić information content (AvgIpc) is 3.30. The van der Waals surface area contributed by atoms with Crippen LogP contribution in [0.25, 0.3) is 10.9 Å². The SMILES string of the molecule is COc1ccc(C(CC(=O)NCCCN2CCCCC2C)c2c[nH]c3ccccc23)c(OC)c1. The number of nitrogens with one attached hydrogen (secondary N) is 2. The van der Waals surface area contributed by atoms with Crippen molar-refractivity contribution in [3.05, 3.63) is 59.8 Å². The van der Waals surface area contributed by atoms with E-state index in [-0.39, 0.29) is 11.8 Å². The van der Waals surface area contributed by atoms with Crippen molar-refractivity contribution in [1.82, 2.24) is 15.2 Å². The van der Waals surface area contributed by atoms with Gasteiger partial charge in [0, 0.05) is 60.2 Å². The van der Waals surface area contributed by atoms with Crippen molar-refractivity contribution in [2.45, 2.75) is 51.0 Å². The Hall–Kier alpha value is -2.99. The molecule has 182 valence electrons. The van der Waals surface area contributed by atoms with Crippen molar-refractivity contribution in [2.75, 3.05) is 33.9 Å². The summed E-state index contributed by atoms with van der Waals surface area (Å²) in [7, 11) is 3.30. The Morgan fingerprint density at radius 3 is 2.79 bits per heavy atom. The number of H-pyrrole nitrogens is 1. The van der Waals surface area contributed by atoms with Crippen LogP contribution in [0, 0.1) is 0 Å². The molecule has 1 saturated heterocycles. The van der Waals surface area contributed by atoms with E-state index in [1.165, 1.54) is 25.8 Å². The van der Waals surface area contributed by atoms with Crippen LogP contribution < -0.4 is 14.8 Å². The number of nitrogens with zero attached hydrogens (tertiary/aromatic N) is 1. The van der Waals surface area contributed by atoms with Gasteiger partial charge in [-0.1, -0.05) is 30.7 Å². The summed E-state index contributed by atoms with van der Waals surface area (Å²) in [5.41, 5.74) is 3.13. The normalized spacial score (nSPS) is 17.4. The minimum atomic E-state index is -0.140. The van der Waals surface area contributed by atoms with Crippen LogP contribution in [0.1, 0.15) is 56.1 Å². The van der Waals surface area contributed by atoms with Gasteiger partial charge in [-0.05, 0) is 50.4 Å². The summed E-state index contributed by atoms with van der Waals surface area (Å²) < 4.78 is 11.1. The number of carbonyl (C=O) groups is 1. The molecule has 0 radical (unpaired) electrons. The number of amides is 1. The molecule has 1 aromatic heterocycles. The number of carbonyl (C=O) groups excluding carboxylic acids is 1. The van der Waals surface area contributed by atoms with Crippen LogP contribution in [0.4, 0.5) is 0 Å². The van der Waals surface area contributed by atoms with Gasteiger partial charge in [0.25, 0.3) is 0 Å². The highest BCUT2D eigenvalue weighted by molar-refractivity contribution is 5.86. The molecule has 6 heteroatoms. The van der Waals surface area contributed by atoms with Gasteiger partial charge in [0.15, 0.2) is 0 Å². The second-order valence-electron chi connectivity index (χ2n) is 9.24. The lowest BCUT2D eigenvalue weighted by Gasteiger charge is -2.33. The summed E-state index contributed by atoms with van der Waals surface area (Å²) in [5.74, 6) is 1.37. The average molecular weight is 464 g/mol. The number of likely N-dealkylation sites (tertiary alicyclic amines) is 1. The van der Waals surface area contributed by atoms with Crippen molar-refractivity contribution in [2.24, 2.45) is 0 Å². The molecule has 3 aromatic rings.